The zero-order valence-electron chi connectivity index (χ0n) is 11.0. The molecule has 2 aromatic rings. The summed E-state index contributed by atoms with van der Waals surface area (Å²) in [7, 11) is 0. The molecule has 2 rings (SSSR count). The van der Waals surface area contributed by atoms with Crippen LogP contribution in [0.4, 0.5) is 17.6 Å². The second kappa shape index (κ2) is 5.77. The van der Waals surface area contributed by atoms with Gasteiger partial charge < -0.3 is 5.73 Å². The van der Waals surface area contributed by atoms with E-state index in [1.807, 2.05) is 0 Å². The van der Waals surface area contributed by atoms with Gasteiger partial charge in [-0.3, -0.25) is 0 Å². The molecule has 21 heavy (non-hydrogen) atoms. The van der Waals surface area contributed by atoms with Crippen molar-refractivity contribution in [3.05, 3.63) is 68.9 Å². The molecular formula is C15H12BrF4N. The Kier molecular flexibility index (Phi) is 4.39. The molecule has 2 aromatic carbocycles. The van der Waals surface area contributed by atoms with E-state index in [9.17, 15) is 17.6 Å². The van der Waals surface area contributed by atoms with Gasteiger partial charge in [0.2, 0.25) is 0 Å². The number of alkyl halides is 3. The van der Waals surface area contributed by atoms with Crippen LogP contribution in [0.5, 0.6) is 0 Å². The molecule has 0 amide bonds. The smallest absolute Gasteiger partial charge is 0.320 e. The van der Waals surface area contributed by atoms with Gasteiger partial charge in [-0.05, 0) is 57.7 Å². The maximum absolute atomic E-state index is 13.5. The largest absolute Gasteiger partial charge is 0.416 e. The van der Waals surface area contributed by atoms with Crippen molar-refractivity contribution in [1.29, 1.82) is 0 Å². The van der Waals surface area contributed by atoms with Crippen LogP contribution in [0.25, 0.3) is 0 Å². The van der Waals surface area contributed by atoms with E-state index in [1.54, 1.807) is 13.0 Å². The third-order valence-electron chi connectivity index (χ3n) is 3.25. The van der Waals surface area contributed by atoms with Crippen LogP contribution in [-0.4, -0.2) is 0 Å². The van der Waals surface area contributed by atoms with Crippen molar-refractivity contribution < 1.29 is 17.6 Å². The molecule has 0 fully saturated rings. The normalized spacial score (nSPS) is 13.3. The van der Waals surface area contributed by atoms with Gasteiger partial charge in [-0.25, -0.2) is 4.39 Å². The van der Waals surface area contributed by atoms with E-state index in [4.69, 9.17) is 5.73 Å². The number of benzene rings is 2. The first-order valence-electron chi connectivity index (χ1n) is 6.09. The quantitative estimate of drug-likeness (QED) is 0.751. The van der Waals surface area contributed by atoms with E-state index in [0.717, 1.165) is 12.1 Å². The van der Waals surface area contributed by atoms with E-state index < -0.39 is 23.6 Å². The summed E-state index contributed by atoms with van der Waals surface area (Å²) in [5, 5.41) is 0. The van der Waals surface area contributed by atoms with Crippen LogP contribution in [0.15, 0.2) is 40.9 Å². The van der Waals surface area contributed by atoms with Gasteiger partial charge in [0, 0.05) is 0 Å². The predicted molar refractivity (Wildman–Crippen MR) is 76.3 cm³/mol. The Morgan fingerprint density at radius 2 is 1.76 bits per heavy atom. The highest BCUT2D eigenvalue weighted by Crippen LogP contribution is 2.34. The Hall–Kier alpha value is -1.40. The fourth-order valence-corrected chi connectivity index (χ4v) is 2.64. The first-order valence-corrected chi connectivity index (χ1v) is 6.88. The SMILES string of the molecule is Cc1cc(C(F)(F)F)ccc1C(N)c1cccc(F)c1Br. The van der Waals surface area contributed by atoms with Crippen LogP contribution >= 0.6 is 15.9 Å². The summed E-state index contributed by atoms with van der Waals surface area (Å²) in [4.78, 5) is 0. The Morgan fingerprint density at radius 3 is 2.33 bits per heavy atom. The summed E-state index contributed by atoms with van der Waals surface area (Å²) >= 11 is 3.11. The molecule has 0 bridgehead atoms. The Bertz CT molecular complexity index is 667. The average Bonchev–Trinajstić information content (AvgIpc) is 2.40. The van der Waals surface area contributed by atoms with Crippen molar-refractivity contribution in [2.45, 2.75) is 19.1 Å². The van der Waals surface area contributed by atoms with Crippen molar-refractivity contribution in [2.75, 3.05) is 0 Å². The number of hydrogen-bond donors (Lipinski definition) is 1. The van der Waals surface area contributed by atoms with Crippen molar-refractivity contribution in [1.82, 2.24) is 0 Å². The summed E-state index contributed by atoms with van der Waals surface area (Å²) < 4.78 is 51.7. The van der Waals surface area contributed by atoms with Crippen molar-refractivity contribution in [2.24, 2.45) is 5.73 Å². The third-order valence-corrected chi connectivity index (χ3v) is 4.09. The van der Waals surface area contributed by atoms with Gasteiger partial charge >= 0.3 is 6.18 Å². The highest BCUT2D eigenvalue weighted by atomic mass is 79.9. The molecule has 2 N–H and O–H groups in total. The summed E-state index contributed by atoms with van der Waals surface area (Å²) in [6.45, 7) is 1.55. The van der Waals surface area contributed by atoms with Crippen molar-refractivity contribution in [3.8, 4) is 0 Å². The standard InChI is InChI=1S/C15H12BrF4N/c1-8-7-9(15(18,19)20)5-6-10(8)14(21)11-3-2-4-12(17)13(11)16/h2-7,14H,21H2,1H3. The van der Waals surface area contributed by atoms with E-state index in [1.165, 1.54) is 18.2 Å². The van der Waals surface area contributed by atoms with Crippen LogP contribution in [-0.2, 0) is 6.18 Å². The lowest BCUT2D eigenvalue weighted by molar-refractivity contribution is -0.137. The molecule has 0 heterocycles. The zero-order valence-corrected chi connectivity index (χ0v) is 12.6. The molecule has 1 nitrogen and oxygen atoms in total. The van der Waals surface area contributed by atoms with E-state index in [-0.39, 0.29) is 4.47 Å². The highest BCUT2D eigenvalue weighted by Gasteiger charge is 2.31. The minimum Gasteiger partial charge on any atom is -0.320 e. The lowest BCUT2D eigenvalue weighted by Crippen LogP contribution is -2.15. The van der Waals surface area contributed by atoms with Gasteiger partial charge in [0.15, 0.2) is 0 Å². The Labute approximate surface area is 127 Å². The van der Waals surface area contributed by atoms with Gasteiger partial charge in [0.1, 0.15) is 5.82 Å². The van der Waals surface area contributed by atoms with Gasteiger partial charge in [-0.2, -0.15) is 13.2 Å². The molecule has 0 aromatic heterocycles. The maximum Gasteiger partial charge on any atom is 0.416 e. The lowest BCUT2D eigenvalue weighted by atomic mass is 9.94. The van der Waals surface area contributed by atoms with E-state index in [2.05, 4.69) is 15.9 Å². The number of aryl methyl sites for hydroxylation is 1. The van der Waals surface area contributed by atoms with E-state index >= 15 is 0 Å². The first kappa shape index (κ1) is 16.0. The number of halogens is 5. The zero-order chi connectivity index (χ0) is 15.8. The summed E-state index contributed by atoms with van der Waals surface area (Å²) in [5.74, 6) is -0.465. The molecule has 0 saturated heterocycles. The molecule has 0 spiro atoms. The molecule has 0 aliphatic heterocycles. The van der Waals surface area contributed by atoms with Crippen LogP contribution in [0.1, 0.15) is 28.3 Å². The Morgan fingerprint density at radius 1 is 1.10 bits per heavy atom. The molecule has 0 aliphatic rings. The molecule has 0 aliphatic carbocycles. The fraction of sp³-hybridized carbons (Fsp3) is 0.200. The number of hydrogen-bond acceptors (Lipinski definition) is 1. The van der Waals surface area contributed by atoms with Crippen LogP contribution in [0.2, 0.25) is 0 Å². The van der Waals surface area contributed by atoms with Gasteiger partial charge in [-0.1, -0.05) is 18.2 Å². The first-order chi connectivity index (χ1) is 9.71. The van der Waals surface area contributed by atoms with Crippen molar-refractivity contribution >= 4 is 15.9 Å². The van der Waals surface area contributed by atoms with Gasteiger partial charge in [-0.15, -0.1) is 0 Å². The fourth-order valence-electron chi connectivity index (χ4n) is 2.13. The molecule has 1 unspecified atom stereocenters. The third kappa shape index (κ3) is 3.27. The second-order valence-electron chi connectivity index (χ2n) is 4.69. The second-order valence-corrected chi connectivity index (χ2v) is 5.48. The highest BCUT2D eigenvalue weighted by molar-refractivity contribution is 9.10. The van der Waals surface area contributed by atoms with E-state index in [0.29, 0.717) is 16.7 Å². The molecule has 112 valence electrons. The monoisotopic (exact) mass is 361 g/mol. The van der Waals surface area contributed by atoms with Crippen molar-refractivity contribution in [3.63, 3.8) is 0 Å². The molecule has 0 radical (unpaired) electrons. The number of nitrogens with two attached hydrogens (primary N) is 1. The minimum absolute atomic E-state index is 0.219. The minimum atomic E-state index is -4.40. The topological polar surface area (TPSA) is 26.0 Å². The maximum atomic E-state index is 13.5. The van der Waals surface area contributed by atoms with Crippen LogP contribution in [0.3, 0.4) is 0 Å². The molecule has 0 saturated carbocycles. The summed E-state index contributed by atoms with van der Waals surface area (Å²) in [6.07, 6.45) is -4.40. The average molecular weight is 362 g/mol. The van der Waals surface area contributed by atoms with Gasteiger partial charge in [0.05, 0.1) is 16.1 Å². The molecule has 6 heteroatoms. The molecular weight excluding hydrogens is 350 g/mol. The predicted octanol–water partition coefficient (Wildman–Crippen LogP) is 4.96. The van der Waals surface area contributed by atoms with Crippen LogP contribution in [0, 0.1) is 12.7 Å². The van der Waals surface area contributed by atoms with Gasteiger partial charge in [0.25, 0.3) is 0 Å². The Balaban J connectivity index is 2.45. The number of rotatable bonds is 2. The summed E-state index contributed by atoms with van der Waals surface area (Å²) in [5.41, 5.74) is 6.76. The molecule has 1 atom stereocenters. The lowest BCUT2D eigenvalue weighted by Gasteiger charge is -2.18. The summed E-state index contributed by atoms with van der Waals surface area (Å²) in [6, 6.07) is 7.07. The van der Waals surface area contributed by atoms with Crippen LogP contribution < -0.4 is 5.73 Å².